The van der Waals surface area contributed by atoms with E-state index >= 15 is 0 Å². The highest BCUT2D eigenvalue weighted by Gasteiger charge is 2.19. The van der Waals surface area contributed by atoms with Crippen LogP contribution in [0.15, 0.2) is 24.3 Å². The fourth-order valence-corrected chi connectivity index (χ4v) is 3.51. The van der Waals surface area contributed by atoms with Gasteiger partial charge in [0.05, 0.1) is 5.69 Å². The molecule has 0 amide bonds. The van der Waals surface area contributed by atoms with Crippen molar-refractivity contribution in [3.8, 4) is 11.4 Å². The smallest absolute Gasteiger partial charge is 0.213 e. The summed E-state index contributed by atoms with van der Waals surface area (Å²) in [6.45, 7) is 4.07. The highest BCUT2D eigenvalue weighted by Crippen LogP contribution is 2.27. The summed E-state index contributed by atoms with van der Waals surface area (Å²) in [6.07, 6.45) is 1.03. The van der Waals surface area contributed by atoms with E-state index in [-0.39, 0.29) is 0 Å². The maximum Gasteiger partial charge on any atom is 0.213 e. The second-order valence-electron chi connectivity index (χ2n) is 4.89. The van der Waals surface area contributed by atoms with E-state index < -0.39 is 0 Å². The molecule has 4 rings (SSSR count). The van der Waals surface area contributed by atoms with Gasteiger partial charge in [-0.15, -0.1) is 5.10 Å². The molecule has 1 aromatic carbocycles. The fourth-order valence-electron chi connectivity index (χ4n) is 2.44. The van der Waals surface area contributed by atoms with Crippen molar-refractivity contribution in [3.63, 3.8) is 0 Å². The van der Waals surface area contributed by atoms with E-state index in [0.717, 1.165) is 35.9 Å². The quantitative estimate of drug-likeness (QED) is 0.738. The second kappa shape index (κ2) is 4.15. The first-order chi connectivity index (χ1) is 9.31. The number of thiazole rings is 1. The molecule has 0 atom stereocenters. The van der Waals surface area contributed by atoms with Crippen LogP contribution in [-0.2, 0) is 13.0 Å². The molecule has 0 aliphatic carbocycles. The van der Waals surface area contributed by atoms with Gasteiger partial charge in [-0.05, 0) is 6.92 Å². The maximum absolute atomic E-state index is 4.67. The Morgan fingerprint density at radius 1 is 1.26 bits per heavy atom. The van der Waals surface area contributed by atoms with Crippen LogP contribution in [0.5, 0.6) is 0 Å². The number of fused-ring (bicyclic) bond motifs is 3. The number of nitrogens with zero attached hydrogens (tertiary/aromatic N) is 3. The number of hydrogen-bond donors (Lipinski definition) is 1. The molecule has 3 aromatic rings. The first-order valence-electron chi connectivity index (χ1n) is 6.46. The van der Waals surface area contributed by atoms with Crippen molar-refractivity contribution in [3.05, 3.63) is 40.4 Å². The Bertz CT molecular complexity index is 739. The van der Waals surface area contributed by atoms with Gasteiger partial charge in [0.25, 0.3) is 0 Å². The third kappa shape index (κ3) is 1.77. The predicted molar refractivity (Wildman–Crippen MR) is 76.4 cm³/mol. The van der Waals surface area contributed by atoms with Crippen LogP contribution in [0.4, 0.5) is 0 Å². The minimum absolute atomic E-state index is 0.826. The molecule has 0 fully saturated rings. The van der Waals surface area contributed by atoms with Gasteiger partial charge in [-0.1, -0.05) is 41.2 Å². The Labute approximate surface area is 115 Å². The van der Waals surface area contributed by atoms with E-state index in [4.69, 9.17) is 0 Å². The highest BCUT2D eigenvalue weighted by atomic mass is 32.1. The summed E-state index contributed by atoms with van der Waals surface area (Å²) >= 11 is 1.75. The minimum atomic E-state index is 0.826. The van der Waals surface area contributed by atoms with Crippen LogP contribution in [-0.4, -0.2) is 21.1 Å². The second-order valence-corrected chi connectivity index (χ2v) is 5.96. The third-order valence-corrected chi connectivity index (χ3v) is 4.58. The van der Waals surface area contributed by atoms with Crippen molar-refractivity contribution >= 4 is 16.3 Å². The molecule has 0 radical (unpaired) electrons. The lowest BCUT2D eigenvalue weighted by Gasteiger charge is -2.11. The zero-order valence-electron chi connectivity index (χ0n) is 10.7. The van der Waals surface area contributed by atoms with Crippen LogP contribution in [0.2, 0.25) is 0 Å². The van der Waals surface area contributed by atoms with E-state index in [1.165, 1.54) is 16.1 Å². The molecule has 1 N–H and O–H groups in total. The summed E-state index contributed by atoms with van der Waals surface area (Å²) in [4.78, 5) is 7.04. The number of aromatic nitrogens is 3. The monoisotopic (exact) mass is 270 g/mol. The van der Waals surface area contributed by atoms with Crippen molar-refractivity contribution in [1.82, 2.24) is 19.9 Å². The molecule has 0 spiro atoms. The average molecular weight is 270 g/mol. The van der Waals surface area contributed by atoms with Crippen LogP contribution in [0, 0.1) is 6.92 Å². The van der Waals surface area contributed by atoms with Gasteiger partial charge in [-0.3, -0.25) is 0 Å². The van der Waals surface area contributed by atoms with Gasteiger partial charge < -0.3 is 5.32 Å². The molecule has 1 aliphatic heterocycles. The van der Waals surface area contributed by atoms with Gasteiger partial charge >= 0.3 is 0 Å². The molecule has 0 unspecified atom stereocenters. The van der Waals surface area contributed by atoms with Gasteiger partial charge in [0, 0.05) is 30.0 Å². The molecule has 19 heavy (non-hydrogen) atoms. The summed E-state index contributed by atoms with van der Waals surface area (Å²) < 4.78 is 2.02. The van der Waals surface area contributed by atoms with Crippen LogP contribution in [0.3, 0.4) is 0 Å². The normalized spacial score (nSPS) is 14.8. The third-order valence-electron chi connectivity index (χ3n) is 3.50. The molecule has 5 heteroatoms. The zero-order chi connectivity index (χ0) is 12.8. The lowest BCUT2D eigenvalue weighted by molar-refractivity contribution is 0.629. The summed E-state index contributed by atoms with van der Waals surface area (Å²) in [5.41, 5.74) is 3.67. The Hall–Kier alpha value is -1.72. The van der Waals surface area contributed by atoms with E-state index in [1.54, 1.807) is 11.3 Å². The van der Waals surface area contributed by atoms with Crippen molar-refractivity contribution in [1.29, 1.82) is 0 Å². The standard InChI is InChI=1S/C14H14N4S/c1-9-2-4-10(5-3-9)13-16-14-18(17-13)11-6-7-15-8-12(11)19-14/h2-5,15H,6-8H2,1H3. The topological polar surface area (TPSA) is 42.2 Å². The number of nitrogens with one attached hydrogen (secondary N) is 1. The summed E-state index contributed by atoms with van der Waals surface area (Å²) in [6, 6.07) is 8.37. The lowest BCUT2D eigenvalue weighted by atomic mass is 10.1. The van der Waals surface area contributed by atoms with Crippen molar-refractivity contribution in [2.45, 2.75) is 19.9 Å². The van der Waals surface area contributed by atoms with Crippen LogP contribution >= 0.6 is 11.3 Å². The van der Waals surface area contributed by atoms with E-state index in [0.29, 0.717) is 0 Å². The van der Waals surface area contributed by atoms with Crippen molar-refractivity contribution < 1.29 is 0 Å². The number of rotatable bonds is 1. The molecule has 4 nitrogen and oxygen atoms in total. The molecule has 0 bridgehead atoms. The molecule has 3 heterocycles. The van der Waals surface area contributed by atoms with Crippen LogP contribution < -0.4 is 5.32 Å². The van der Waals surface area contributed by atoms with E-state index in [2.05, 4.69) is 46.6 Å². The average Bonchev–Trinajstić information content (AvgIpc) is 2.97. The summed E-state index contributed by atoms with van der Waals surface area (Å²) in [7, 11) is 0. The molecule has 96 valence electrons. The molecular formula is C14H14N4S. The first-order valence-corrected chi connectivity index (χ1v) is 7.28. The Morgan fingerprint density at radius 3 is 2.95 bits per heavy atom. The number of aryl methyl sites for hydroxylation is 1. The van der Waals surface area contributed by atoms with Gasteiger partial charge in [0.15, 0.2) is 5.82 Å². The molecule has 1 aliphatic rings. The van der Waals surface area contributed by atoms with Gasteiger partial charge in [-0.2, -0.15) is 4.98 Å². The van der Waals surface area contributed by atoms with Crippen molar-refractivity contribution in [2.75, 3.05) is 6.54 Å². The molecule has 2 aromatic heterocycles. The van der Waals surface area contributed by atoms with Crippen molar-refractivity contribution in [2.24, 2.45) is 0 Å². The van der Waals surface area contributed by atoms with E-state index in [1.807, 2.05) is 4.52 Å². The van der Waals surface area contributed by atoms with Crippen LogP contribution in [0.25, 0.3) is 16.3 Å². The summed E-state index contributed by atoms with van der Waals surface area (Å²) in [5, 5.41) is 8.06. The lowest BCUT2D eigenvalue weighted by Crippen LogP contribution is -2.23. The maximum atomic E-state index is 4.67. The molecule has 0 saturated heterocycles. The molecular weight excluding hydrogens is 256 g/mol. The van der Waals surface area contributed by atoms with E-state index in [9.17, 15) is 0 Å². The number of hydrogen-bond acceptors (Lipinski definition) is 4. The van der Waals surface area contributed by atoms with Crippen LogP contribution in [0.1, 0.15) is 16.1 Å². The first kappa shape index (κ1) is 11.1. The van der Waals surface area contributed by atoms with Gasteiger partial charge in [-0.25, -0.2) is 4.52 Å². The Balaban J connectivity index is 1.84. The minimum Gasteiger partial charge on any atom is -0.311 e. The van der Waals surface area contributed by atoms with Gasteiger partial charge in [0.2, 0.25) is 4.96 Å². The predicted octanol–water partition coefficient (Wildman–Crippen LogP) is 2.41. The highest BCUT2D eigenvalue weighted by molar-refractivity contribution is 7.17. The fraction of sp³-hybridized carbons (Fsp3) is 0.286. The zero-order valence-corrected chi connectivity index (χ0v) is 11.5. The largest absolute Gasteiger partial charge is 0.311 e. The SMILES string of the molecule is Cc1ccc(-c2nc3sc4c(n3n2)CCNC4)cc1. The number of benzene rings is 1. The molecule has 0 saturated carbocycles. The Kier molecular flexibility index (Phi) is 2.43. The Morgan fingerprint density at radius 2 is 2.11 bits per heavy atom. The summed E-state index contributed by atoms with van der Waals surface area (Å²) in [5.74, 6) is 0.826. The van der Waals surface area contributed by atoms with Gasteiger partial charge in [0.1, 0.15) is 0 Å².